The fraction of sp³-hybridized carbons (Fsp3) is 0.269. The molecule has 0 aliphatic heterocycles. The summed E-state index contributed by atoms with van der Waals surface area (Å²) in [5.74, 6) is -1.01. The van der Waals surface area contributed by atoms with Crippen LogP contribution in [0.5, 0.6) is 0 Å². The maximum atomic E-state index is 13.9. The summed E-state index contributed by atoms with van der Waals surface area (Å²) in [6, 6.07) is 15.4. The van der Waals surface area contributed by atoms with Crippen LogP contribution in [-0.4, -0.2) is 49.0 Å². The quantitative estimate of drug-likeness (QED) is 0.346. The van der Waals surface area contributed by atoms with Crippen molar-refractivity contribution in [1.82, 2.24) is 25.2 Å². The van der Waals surface area contributed by atoms with Gasteiger partial charge in [-0.05, 0) is 38.5 Å². The number of nitrogens with one attached hydrogen (secondary N) is 1. The first-order valence-electron chi connectivity index (χ1n) is 11.5. The van der Waals surface area contributed by atoms with Gasteiger partial charge in [0.2, 0.25) is 5.82 Å². The number of aliphatic hydroxyl groups is 1. The van der Waals surface area contributed by atoms with Gasteiger partial charge in [0.05, 0.1) is 23.1 Å². The number of hydrogen-bond donors (Lipinski definition) is 2. The van der Waals surface area contributed by atoms with Crippen molar-refractivity contribution in [3.05, 3.63) is 72.1 Å². The third-order valence-corrected chi connectivity index (χ3v) is 5.21. The molecule has 0 bridgehead atoms. The van der Waals surface area contributed by atoms with Gasteiger partial charge in [-0.3, -0.25) is 9.59 Å². The number of aromatic nitrogens is 4. The van der Waals surface area contributed by atoms with E-state index in [0.717, 1.165) is 0 Å². The van der Waals surface area contributed by atoms with Crippen molar-refractivity contribution in [2.24, 2.45) is 0 Å². The van der Waals surface area contributed by atoms with Crippen molar-refractivity contribution in [3.63, 3.8) is 0 Å². The number of hydrogen-bond acceptors (Lipinski definition) is 8. The lowest BCUT2D eigenvalue weighted by molar-refractivity contribution is -0.155. The topological polar surface area (TPSA) is 132 Å². The van der Waals surface area contributed by atoms with Gasteiger partial charge in [0.25, 0.3) is 11.8 Å². The Hall–Kier alpha value is -4.38. The van der Waals surface area contributed by atoms with Gasteiger partial charge in [-0.25, -0.2) is 9.07 Å². The standard InChI is InChI=1S/C26H26FN5O5/c1-26(2,3)36-21(33)15-28-24(35)22(34)16-9-11-17(12-10-16)23-30-25(37-31-23)19-14-29-32(20(19)13-27)18-7-5-4-6-8-18/h4-12,14,22,34H,13,15H2,1-3H3,(H,28,35). The van der Waals surface area contributed by atoms with E-state index in [2.05, 4.69) is 20.6 Å². The molecule has 4 aromatic rings. The van der Waals surface area contributed by atoms with Gasteiger partial charge >= 0.3 is 5.97 Å². The number of rotatable bonds is 8. The molecular weight excluding hydrogens is 481 g/mol. The zero-order chi connectivity index (χ0) is 26.6. The number of esters is 1. The van der Waals surface area contributed by atoms with E-state index in [9.17, 15) is 19.1 Å². The smallest absolute Gasteiger partial charge is 0.325 e. The van der Waals surface area contributed by atoms with Crippen LogP contribution in [0.15, 0.2) is 65.3 Å². The molecule has 1 amide bonds. The molecule has 10 nitrogen and oxygen atoms in total. The first-order chi connectivity index (χ1) is 17.7. The Morgan fingerprint density at radius 2 is 1.84 bits per heavy atom. The van der Waals surface area contributed by atoms with Gasteiger partial charge in [-0.15, -0.1) is 0 Å². The number of carbonyl (C=O) groups excluding carboxylic acids is 2. The summed E-state index contributed by atoms with van der Waals surface area (Å²) in [6.07, 6.45) is -0.0255. The third kappa shape index (κ3) is 6.07. The average Bonchev–Trinajstić information content (AvgIpc) is 3.53. The Bertz CT molecular complexity index is 1380. The van der Waals surface area contributed by atoms with E-state index in [1.165, 1.54) is 23.0 Å². The first kappa shape index (κ1) is 25.7. The number of carbonyl (C=O) groups is 2. The van der Waals surface area contributed by atoms with E-state index in [0.29, 0.717) is 22.4 Å². The third-order valence-electron chi connectivity index (χ3n) is 5.21. The first-order valence-corrected chi connectivity index (χ1v) is 11.5. The number of nitrogens with zero attached hydrogens (tertiary/aromatic N) is 4. The van der Waals surface area contributed by atoms with E-state index in [-0.39, 0.29) is 24.0 Å². The number of amides is 1. The second-order valence-electron chi connectivity index (χ2n) is 9.14. The van der Waals surface area contributed by atoms with E-state index in [1.54, 1.807) is 32.9 Å². The molecule has 37 heavy (non-hydrogen) atoms. The van der Waals surface area contributed by atoms with Crippen LogP contribution in [0, 0.1) is 0 Å². The van der Waals surface area contributed by atoms with E-state index in [4.69, 9.17) is 9.26 Å². The van der Waals surface area contributed by atoms with Crippen LogP contribution < -0.4 is 5.32 Å². The summed E-state index contributed by atoms with van der Waals surface area (Å²) >= 11 is 0. The molecule has 2 aromatic heterocycles. The summed E-state index contributed by atoms with van der Waals surface area (Å²) in [5, 5.41) is 20.9. The lowest BCUT2D eigenvalue weighted by Crippen LogP contribution is -2.37. The highest BCUT2D eigenvalue weighted by atomic mass is 19.1. The summed E-state index contributed by atoms with van der Waals surface area (Å²) in [7, 11) is 0. The van der Waals surface area contributed by atoms with Crippen LogP contribution in [-0.2, 0) is 21.0 Å². The van der Waals surface area contributed by atoms with Crippen LogP contribution >= 0.6 is 0 Å². The zero-order valence-electron chi connectivity index (χ0n) is 20.5. The lowest BCUT2D eigenvalue weighted by atomic mass is 10.1. The van der Waals surface area contributed by atoms with Gasteiger partial charge in [0, 0.05) is 5.56 Å². The number of benzene rings is 2. The second kappa shape index (κ2) is 10.7. The van der Waals surface area contributed by atoms with Gasteiger partial charge in [-0.2, -0.15) is 10.1 Å². The summed E-state index contributed by atoms with van der Waals surface area (Å²) in [5.41, 5.74) is 1.53. The Balaban J connectivity index is 1.45. The predicted molar refractivity (Wildman–Crippen MR) is 131 cm³/mol. The molecule has 1 unspecified atom stereocenters. The second-order valence-corrected chi connectivity index (χ2v) is 9.14. The SMILES string of the molecule is CC(C)(C)OC(=O)CNC(=O)C(O)c1ccc(-c2noc(-c3cnn(-c4ccccc4)c3CF)n2)cc1. The van der Waals surface area contributed by atoms with Crippen molar-refractivity contribution in [2.75, 3.05) is 6.54 Å². The molecule has 4 rings (SSSR count). The van der Waals surface area contributed by atoms with Crippen LogP contribution in [0.2, 0.25) is 0 Å². The molecule has 0 aliphatic rings. The molecule has 1 atom stereocenters. The lowest BCUT2D eigenvalue weighted by Gasteiger charge is -2.20. The van der Waals surface area contributed by atoms with Crippen LogP contribution in [0.4, 0.5) is 4.39 Å². The predicted octanol–water partition coefficient (Wildman–Crippen LogP) is 3.55. The highest BCUT2D eigenvalue weighted by molar-refractivity contribution is 5.86. The molecule has 2 heterocycles. The van der Waals surface area contributed by atoms with Gasteiger partial charge in [0.1, 0.15) is 18.8 Å². The van der Waals surface area contributed by atoms with Crippen molar-refractivity contribution in [2.45, 2.75) is 39.2 Å². The largest absolute Gasteiger partial charge is 0.459 e. The highest BCUT2D eigenvalue weighted by Crippen LogP contribution is 2.28. The fourth-order valence-electron chi connectivity index (χ4n) is 3.52. The molecule has 2 aromatic carbocycles. The fourth-order valence-corrected chi connectivity index (χ4v) is 3.52. The van der Waals surface area contributed by atoms with Crippen molar-refractivity contribution in [3.8, 4) is 28.5 Å². The Morgan fingerprint density at radius 3 is 2.49 bits per heavy atom. The molecule has 0 saturated heterocycles. The molecule has 0 aliphatic carbocycles. The van der Waals surface area contributed by atoms with Crippen molar-refractivity contribution in [1.29, 1.82) is 0 Å². The van der Waals surface area contributed by atoms with E-state index in [1.807, 2.05) is 30.3 Å². The maximum absolute atomic E-state index is 13.9. The van der Waals surface area contributed by atoms with E-state index >= 15 is 0 Å². The normalized spacial score (nSPS) is 12.2. The minimum atomic E-state index is -1.49. The maximum Gasteiger partial charge on any atom is 0.325 e. The minimum Gasteiger partial charge on any atom is -0.459 e. The highest BCUT2D eigenvalue weighted by Gasteiger charge is 2.22. The molecule has 192 valence electrons. The number of ether oxygens (including phenoxy) is 1. The monoisotopic (exact) mass is 507 g/mol. The average molecular weight is 508 g/mol. The molecule has 0 fully saturated rings. The molecule has 0 radical (unpaired) electrons. The Kier molecular flexibility index (Phi) is 7.44. The van der Waals surface area contributed by atoms with Gasteiger partial charge in [-0.1, -0.05) is 47.6 Å². The number of para-hydroxylation sites is 1. The van der Waals surface area contributed by atoms with Crippen molar-refractivity contribution >= 4 is 11.9 Å². The Morgan fingerprint density at radius 1 is 1.14 bits per heavy atom. The van der Waals surface area contributed by atoms with Gasteiger partial charge in [0.15, 0.2) is 6.10 Å². The van der Waals surface area contributed by atoms with E-state index < -0.39 is 30.3 Å². The molecular formula is C26H26FN5O5. The number of alkyl halides is 1. The van der Waals surface area contributed by atoms with Crippen LogP contribution in [0.25, 0.3) is 28.5 Å². The number of halogens is 1. The zero-order valence-corrected chi connectivity index (χ0v) is 20.5. The molecule has 11 heteroatoms. The van der Waals surface area contributed by atoms with Gasteiger partial charge < -0.3 is 19.7 Å². The van der Waals surface area contributed by atoms with Crippen LogP contribution in [0.1, 0.15) is 38.1 Å². The summed E-state index contributed by atoms with van der Waals surface area (Å²) in [4.78, 5) is 28.4. The van der Waals surface area contributed by atoms with Crippen molar-refractivity contribution < 1.29 is 28.3 Å². The Labute approximate surface area is 212 Å². The molecule has 0 saturated carbocycles. The number of aliphatic hydroxyl groups excluding tert-OH is 1. The summed E-state index contributed by atoms with van der Waals surface area (Å²) < 4.78 is 25.9. The molecule has 0 spiro atoms. The van der Waals surface area contributed by atoms with Crippen LogP contribution in [0.3, 0.4) is 0 Å². The molecule has 2 N–H and O–H groups in total. The minimum absolute atomic E-state index is 0.107. The summed E-state index contributed by atoms with van der Waals surface area (Å²) in [6.45, 7) is 4.00.